The first kappa shape index (κ1) is 19.6. The minimum atomic E-state index is -0.278. The van der Waals surface area contributed by atoms with Gasteiger partial charge < -0.3 is 10.1 Å². The molecule has 0 atom stereocenters. The number of ether oxygens (including phenoxy) is 1. The van der Waals surface area contributed by atoms with Gasteiger partial charge in [-0.15, -0.1) is 0 Å². The second-order valence-corrected chi connectivity index (χ2v) is 6.97. The van der Waals surface area contributed by atoms with Crippen LogP contribution >= 0.6 is 34.8 Å². The Kier molecular flexibility index (Phi) is 7.57. The van der Waals surface area contributed by atoms with E-state index in [0.29, 0.717) is 18.0 Å². The predicted octanol–water partition coefficient (Wildman–Crippen LogP) is 4.30. The minimum absolute atomic E-state index is 0.210. The monoisotopic (exact) mass is 469 g/mol. The highest BCUT2D eigenvalue weighted by atomic mass is 127. The van der Waals surface area contributed by atoms with Crippen LogP contribution in [0.15, 0.2) is 36.4 Å². The fraction of sp³-hybridized carbons (Fsp3) is 0.278. The molecule has 0 aliphatic heterocycles. The molecule has 0 spiro atoms. The van der Waals surface area contributed by atoms with Crippen LogP contribution in [0.25, 0.3) is 0 Å². The van der Waals surface area contributed by atoms with Crippen LogP contribution in [0.4, 0.5) is 5.82 Å². The summed E-state index contributed by atoms with van der Waals surface area (Å²) < 4.78 is 6.65. The number of halogens is 1. The zero-order valence-corrected chi connectivity index (χ0v) is 17.1. The van der Waals surface area contributed by atoms with Gasteiger partial charge in [-0.2, -0.15) is 0 Å². The first-order chi connectivity index (χ1) is 12.0. The second kappa shape index (κ2) is 9.67. The summed E-state index contributed by atoms with van der Waals surface area (Å²) in [6.45, 7) is 4.71. The molecular formula is C18H20IN3O2S. The first-order valence-electron chi connectivity index (χ1n) is 7.98. The summed E-state index contributed by atoms with van der Waals surface area (Å²) in [4.78, 5) is 16.6. The van der Waals surface area contributed by atoms with Crippen molar-refractivity contribution in [1.82, 2.24) is 10.3 Å². The molecule has 1 aromatic carbocycles. The van der Waals surface area contributed by atoms with Gasteiger partial charge in [-0.3, -0.25) is 10.1 Å². The molecule has 132 valence electrons. The highest BCUT2D eigenvalue weighted by Gasteiger charge is 2.09. The van der Waals surface area contributed by atoms with Crippen LogP contribution in [0.2, 0.25) is 0 Å². The van der Waals surface area contributed by atoms with Gasteiger partial charge in [-0.05, 0) is 84.6 Å². The van der Waals surface area contributed by atoms with Gasteiger partial charge in [0, 0.05) is 9.13 Å². The molecule has 2 rings (SSSR count). The highest BCUT2D eigenvalue weighted by Crippen LogP contribution is 2.14. The van der Waals surface area contributed by atoms with E-state index in [1.807, 2.05) is 19.1 Å². The third kappa shape index (κ3) is 6.24. The molecule has 1 amide bonds. The lowest BCUT2D eigenvalue weighted by molar-refractivity contribution is 0.0977. The molecule has 0 bridgehead atoms. The summed E-state index contributed by atoms with van der Waals surface area (Å²) >= 11 is 7.39. The minimum Gasteiger partial charge on any atom is -0.494 e. The number of carbonyl (C=O) groups excluding carboxylic acids is 1. The number of pyridine rings is 1. The SMILES string of the molecule is CCCCOc1ccc(C(=O)NC(=S)Nc2ccc(I)c(C)n2)cc1. The second-order valence-electron chi connectivity index (χ2n) is 5.40. The Bertz CT molecular complexity index is 750. The smallest absolute Gasteiger partial charge is 0.257 e. The molecule has 0 fully saturated rings. The molecule has 1 aromatic heterocycles. The van der Waals surface area contributed by atoms with E-state index in [0.717, 1.165) is 27.9 Å². The highest BCUT2D eigenvalue weighted by molar-refractivity contribution is 14.1. The van der Waals surface area contributed by atoms with Gasteiger partial charge in [0.05, 0.1) is 12.3 Å². The standard InChI is InChI=1S/C18H20IN3O2S/c1-3-4-11-24-14-7-5-13(6-8-14)17(23)22-18(25)21-16-10-9-15(19)12(2)20-16/h5-10H,3-4,11H2,1-2H3,(H2,20,21,22,23,25). The van der Waals surface area contributed by atoms with Crippen molar-refractivity contribution in [2.45, 2.75) is 26.7 Å². The van der Waals surface area contributed by atoms with Gasteiger partial charge in [0.2, 0.25) is 0 Å². The quantitative estimate of drug-likeness (QED) is 0.375. The summed E-state index contributed by atoms with van der Waals surface area (Å²) in [6.07, 6.45) is 2.09. The molecule has 0 saturated carbocycles. The number of nitrogens with one attached hydrogen (secondary N) is 2. The van der Waals surface area contributed by atoms with E-state index in [1.165, 1.54) is 0 Å². The number of anilines is 1. The van der Waals surface area contributed by atoms with E-state index in [-0.39, 0.29) is 11.0 Å². The van der Waals surface area contributed by atoms with Crippen LogP contribution in [-0.4, -0.2) is 22.6 Å². The predicted molar refractivity (Wildman–Crippen MR) is 112 cm³/mol. The molecule has 0 radical (unpaired) electrons. The number of benzene rings is 1. The molecule has 0 aliphatic rings. The van der Waals surface area contributed by atoms with Crippen LogP contribution < -0.4 is 15.4 Å². The normalized spacial score (nSPS) is 10.2. The lowest BCUT2D eigenvalue weighted by Gasteiger charge is -2.10. The van der Waals surface area contributed by atoms with Crippen molar-refractivity contribution in [1.29, 1.82) is 0 Å². The Hall–Kier alpha value is -1.74. The number of nitrogens with zero attached hydrogens (tertiary/aromatic N) is 1. The Labute approximate surface area is 166 Å². The topological polar surface area (TPSA) is 63.2 Å². The first-order valence-corrected chi connectivity index (χ1v) is 9.46. The van der Waals surface area contributed by atoms with Crippen molar-refractivity contribution in [2.24, 2.45) is 0 Å². The number of unbranched alkanes of at least 4 members (excludes halogenated alkanes) is 1. The number of rotatable bonds is 6. The number of thiocarbonyl (C=S) groups is 1. The number of carbonyl (C=O) groups is 1. The van der Waals surface area contributed by atoms with E-state index in [2.05, 4.69) is 45.1 Å². The summed E-state index contributed by atoms with van der Waals surface area (Å²) in [5.41, 5.74) is 1.41. The molecule has 25 heavy (non-hydrogen) atoms. The third-order valence-electron chi connectivity index (χ3n) is 3.37. The number of aryl methyl sites for hydroxylation is 1. The van der Waals surface area contributed by atoms with Gasteiger partial charge in [-0.1, -0.05) is 13.3 Å². The molecule has 1 heterocycles. The molecule has 0 aliphatic carbocycles. The van der Waals surface area contributed by atoms with Crippen LogP contribution in [0.3, 0.4) is 0 Å². The summed E-state index contributed by atoms with van der Waals surface area (Å²) in [7, 11) is 0. The van der Waals surface area contributed by atoms with E-state index >= 15 is 0 Å². The lowest BCUT2D eigenvalue weighted by Crippen LogP contribution is -2.34. The number of amides is 1. The fourth-order valence-corrected chi connectivity index (χ4v) is 2.47. The van der Waals surface area contributed by atoms with E-state index in [1.54, 1.807) is 24.3 Å². The van der Waals surface area contributed by atoms with Crippen LogP contribution in [0, 0.1) is 10.5 Å². The maximum absolute atomic E-state index is 12.2. The Morgan fingerprint density at radius 3 is 2.60 bits per heavy atom. The van der Waals surface area contributed by atoms with Crippen molar-refractivity contribution < 1.29 is 9.53 Å². The van der Waals surface area contributed by atoms with Gasteiger partial charge in [0.25, 0.3) is 5.91 Å². The molecule has 0 saturated heterocycles. The molecular weight excluding hydrogens is 449 g/mol. The number of hydrogen-bond donors (Lipinski definition) is 2. The molecule has 2 N–H and O–H groups in total. The van der Waals surface area contributed by atoms with Gasteiger partial charge in [-0.25, -0.2) is 4.98 Å². The molecule has 2 aromatic rings. The van der Waals surface area contributed by atoms with Gasteiger partial charge >= 0.3 is 0 Å². The van der Waals surface area contributed by atoms with Crippen molar-refractivity contribution in [3.8, 4) is 5.75 Å². The average molecular weight is 469 g/mol. The Morgan fingerprint density at radius 1 is 1.24 bits per heavy atom. The fourth-order valence-electron chi connectivity index (χ4n) is 1.97. The molecule has 0 unspecified atom stereocenters. The van der Waals surface area contributed by atoms with Crippen LogP contribution in [0.1, 0.15) is 35.8 Å². The van der Waals surface area contributed by atoms with Crippen molar-refractivity contribution in [2.75, 3.05) is 11.9 Å². The summed E-state index contributed by atoms with van der Waals surface area (Å²) in [6, 6.07) is 10.7. The lowest BCUT2D eigenvalue weighted by atomic mass is 10.2. The zero-order chi connectivity index (χ0) is 18.2. The largest absolute Gasteiger partial charge is 0.494 e. The van der Waals surface area contributed by atoms with Crippen molar-refractivity contribution >= 4 is 51.6 Å². The molecule has 5 nitrogen and oxygen atoms in total. The zero-order valence-electron chi connectivity index (χ0n) is 14.1. The third-order valence-corrected chi connectivity index (χ3v) is 4.72. The van der Waals surface area contributed by atoms with Crippen LogP contribution in [-0.2, 0) is 0 Å². The summed E-state index contributed by atoms with van der Waals surface area (Å²) in [5, 5.41) is 5.78. The summed E-state index contributed by atoms with van der Waals surface area (Å²) in [5.74, 6) is 1.08. The molecule has 7 heteroatoms. The Morgan fingerprint density at radius 2 is 1.96 bits per heavy atom. The number of aromatic nitrogens is 1. The van der Waals surface area contributed by atoms with Crippen molar-refractivity contribution in [3.05, 3.63) is 51.2 Å². The van der Waals surface area contributed by atoms with E-state index in [4.69, 9.17) is 17.0 Å². The average Bonchev–Trinajstić information content (AvgIpc) is 2.59. The van der Waals surface area contributed by atoms with Crippen LogP contribution in [0.5, 0.6) is 5.75 Å². The van der Waals surface area contributed by atoms with Gasteiger partial charge in [0.15, 0.2) is 5.11 Å². The van der Waals surface area contributed by atoms with E-state index < -0.39 is 0 Å². The van der Waals surface area contributed by atoms with E-state index in [9.17, 15) is 4.79 Å². The number of hydrogen-bond acceptors (Lipinski definition) is 4. The maximum atomic E-state index is 12.2. The maximum Gasteiger partial charge on any atom is 0.257 e. The van der Waals surface area contributed by atoms with Crippen molar-refractivity contribution in [3.63, 3.8) is 0 Å². The van der Waals surface area contributed by atoms with Gasteiger partial charge in [0.1, 0.15) is 11.6 Å². The Balaban J connectivity index is 1.89.